The van der Waals surface area contributed by atoms with Gasteiger partial charge in [-0.1, -0.05) is 6.07 Å². The van der Waals surface area contributed by atoms with Crippen molar-refractivity contribution in [2.75, 3.05) is 26.2 Å². The first-order chi connectivity index (χ1) is 13.1. The summed E-state index contributed by atoms with van der Waals surface area (Å²) in [5.74, 6) is -0.0578. The maximum atomic E-state index is 13.1. The summed E-state index contributed by atoms with van der Waals surface area (Å²) in [6.45, 7) is 2.11. The summed E-state index contributed by atoms with van der Waals surface area (Å²) in [5.41, 5.74) is 1.96. The highest BCUT2D eigenvalue weighted by Crippen LogP contribution is 2.38. The predicted molar refractivity (Wildman–Crippen MR) is 99.0 cm³/mol. The zero-order valence-corrected chi connectivity index (χ0v) is 15.1. The minimum Gasteiger partial charge on any atom is -0.337 e. The van der Waals surface area contributed by atoms with Crippen molar-refractivity contribution < 1.29 is 14.0 Å². The van der Waals surface area contributed by atoms with Crippen LogP contribution in [-0.4, -0.2) is 52.8 Å². The Labute approximate surface area is 157 Å². The van der Waals surface area contributed by atoms with E-state index in [2.05, 4.69) is 4.98 Å². The molecule has 2 amide bonds. The summed E-state index contributed by atoms with van der Waals surface area (Å²) < 4.78 is 13.1. The smallest absolute Gasteiger partial charge is 0.272 e. The molecule has 2 aliphatic rings. The molecule has 140 valence electrons. The second kappa shape index (κ2) is 7.47. The monoisotopic (exact) mass is 367 g/mol. The Morgan fingerprint density at radius 2 is 1.56 bits per heavy atom. The Hall–Kier alpha value is -2.76. The third-order valence-electron chi connectivity index (χ3n) is 5.15. The normalized spacial score (nSPS) is 17.5. The molecule has 27 heavy (non-hydrogen) atoms. The lowest BCUT2D eigenvalue weighted by Crippen LogP contribution is -2.37. The number of aromatic nitrogens is 1. The molecular formula is C21H22FN3O2. The highest BCUT2D eigenvalue weighted by Gasteiger charge is 2.27. The Bertz CT molecular complexity index is 849. The molecule has 6 heteroatoms. The van der Waals surface area contributed by atoms with E-state index in [1.165, 1.54) is 24.3 Å². The van der Waals surface area contributed by atoms with Crippen LogP contribution in [-0.2, 0) is 0 Å². The lowest BCUT2D eigenvalue weighted by atomic mass is 10.2. The molecule has 2 aromatic rings. The van der Waals surface area contributed by atoms with Crippen LogP contribution in [0.15, 0.2) is 42.5 Å². The Kier molecular flexibility index (Phi) is 4.88. The lowest BCUT2D eigenvalue weighted by molar-refractivity contribution is 0.0715. The summed E-state index contributed by atoms with van der Waals surface area (Å²) in [6.07, 6.45) is 3.00. The minimum atomic E-state index is -0.361. The van der Waals surface area contributed by atoms with Gasteiger partial charge in [0.2, 0.25) is 0 Å². The van der Waals surface area contributed by atoms with Gasteiger partial charge in [0.1, 0.15) is 11.5 Å². The van der Waals surface area contributed by atoms with Crippen molar-refractivity contribution in [2.24, 2.45) is 0 Å². The highest BCUT2D eigenvalue weighted by molar-refractivity contribution is 5.94. The molecule has 2 heterocycles. The van der Waals surface area contributed by atoms with Crippen LogP contribution < -0.4 is 0 Å². The lowest BCUT2D eigenvalue weighted by Gasteiger charge is -2.22. The molecule has 1 aromatic heterocycles. The first-order valence-electron chi connectivity index (χ1n) is 9.43. The van der Waals surface area contributed by atoms with Crippen molar-refractivity contribution in [1.82, 2.24) is 14.8 Å². The van der Waals surface area contributed by atoms with Crippen molar-refractivity contribution in [3.05, 3.63) is 65.2 Å². The molecule has 1 saturated heterocycles. The SMILES string of the molecule is O=C(c1ccc(F)cc1)N1CCCN(C(=O)c2cccc(C3CC3)n2)CC1. The first kappa shape index (κ1) is 17.6. The number of pyridine rings is 1. The maximum absolute atomic E-state index is 13.1. The van der Waals surface area contributed by atoms with Crippen LogP contribution in [0.4, 0.5) is 4.39 Å². The Morgan fingerprint density at radius 1 is 0.889 bits per heavy atom. The van der Waals surface area contributed by atoms with E-state index in [1.54, 1.807) is 15.9 Å². The van der Waals surface area contributed by atoms with Crippen LogP contribution in [0.5, 0.6) is 0 Å². The van der Waals surface area contributed by atoms with Crippen molar-refractivity contribution in [1.29, 1.82) is 0 Å². The van der Waals surface area contributed by atoms with Gasteiger partial charge in [-0.3, -0.25) is 9.59 Å². The number of halogens is 1. The van der Waals surface area contributed by atoms with Gasteiger partial charge in [0, 0.05) is 43.4 Å². The van der Waals surface area contributed by atoms with Gasteiger partial charge in [0.15, 0.2) is 0 Å². The number of rotatable bonds is 3. The third-order valence-corrected chi connectivity index (χ3v) is 5.15. The van der Waals surface area contributed by atoms with E-state index in [0.717, 1.165) is 18.5 Å². The number of benzene rings is 1. The van der Waals surface area contributed by atoms with Crippen LogP contribution in [0.1, 0.15) is 51.7 Å². The zero-order chi connectivity index (χ0) is 18.8. The van der Waals surface area contributed by atoms with E-state index in [4.69, 9.17) is 0 Å². The fourth-order valence-corrected chi connectivity index (χ4v) is 3.44. The van der Waals surface area contributed by atoms with Crippen molar-refractivity contribution in [3.8, 4) is 0 Å². The van der Waals surface area contributed by atoms with Crippen LogP contribution in [0.3, 0.4) is 0 Å². The summed E-state index contributed by atoms with van der Waals surface area (Å²) in [5, 5.41) is 0. The van der Waals surface area contributed by atoms with Gasteiger partial charge in [-0.25, -0.2) is 9.37 Å². The Morgan fingerprint density at radius 3 is 2.22 bits per heavy atom. The second-order valence-electron chi connectivity index (χ2n) is 7.17. The second-order valence-corrected chi connectivity index (χ2v) is 7.17. The molecule has 0 spiro atoms. The number of nitrogens with zero attached hydrogens (tertiary/aromatic N) is 3. The summed E-state index contributed by atoms with van der Waals surface area (Å²) in [4.78, 5) is 33.5. The van der Waals surface area contributed by atoms with Crippen molar-refractivity contribution in [3.63, 3.8) is 0 Å². The number of carbonyl (C=O) groups is 2. The topological polar surface area (TPSA) is 53.5 Å². The van der Waals surface area contributed by atoms with Gasteiger partial charge in [0.05, 0.1) is 0 Å². The van der Waals surface area contributed by atoms with Gasteiger partial charge in [-0.2, -0.15) is 0 Å². The van der Waals surface area contributed by atoms with Crippen LogP contribution in [0.25, 0.3) is 0 Å². The molecule has 1 aliphatic heterocycles. The van der Waals surface area contributed by atoms with E-state index in [-0.39, 0.29) is 17.6 Å². The van der Waals surface area contributed by atoms with Crippen LogP contribution in [0, 0.1) is 5.82 Å². The fourth-order valence-electron chi connectivity index (χ4n) is 3.44. The Balaban J connectivity index is 1.42. The number of hydrogen-bond donors (Lipinski definition) is 0. The summed E-state index contributed by atoms with van der Waals surface area (Å²) in [6, 6.07) is 11.2. The van der Waals surface area contributed by atoms with E-state index in [9.17, 15) is 14.0 Å². The molecule has 1 saturated carbocycles. The molecule has 1 aromatic carbocycles. The molecule has 1 aliphatic carbocycles. The zero-order valence-electron chi connectivity index (χ0n) is 15.1. The van der Waals surface area contributed by atoms with E-state index >= 15 is 0 Å². The van der Waals surface area contributed by atoms with Crippen LogP contribution >= 0.6 is 0 Å². The third kappa shape index (κ3) is 3.99. The molecule has 5 nitrogen and oxygen atoms in total. The predicted octanol–water partition coefficient (Wildman–Crippen LogP) is 3.09. The summed E-state index contributed by atoms with van der Waals surface area (Å²) >= 11 is 0. The average molecular weight is 367 g/mol. The quantitative estimate of drug-likeness (QED) is 0.838. The molecule has 0 unspecified atom stereocenters. The maximum Gasteiger partial charge on any atom is 0.272 e. The van der Waals surface area contributed by atoms with Gasteiger partial charge in [-0.15, -0.1) is 0 Å². The molecule has 0 atom stereocenters. The largest absolute Gasteiger partial charge is 0.337 e. The van der Waals surface area contributed by atoms with Gasteiger partial charge >= 0.3 is 0 Å². The van der Waals surface area contributed by atoms with E-state index < -0.39 is 0 Å². The number of amides is 2. The molecule has 0 N–H and O–H groups in total. The van der Waals surface area contributed by atoms with Gasteiger partial charge in [-0.05, 0) is 55.7 Å². The molecule has 2 fully saturated rings. The molecule has 0 bridgehead atoms. The summed E-state index contributed by atoms with van der Waals surface area (Å²) in [7, 11) is 0. The highest BCUT2D eigenvalue weighted by atomic mass is 19.1. The standard InChI is InChI=1S/C21H22FN3O2/c22-17-9-7-16(8-10-17)20(26)24-11-2-12-25(14-13-24)21(27)19-4-1-3-18(23-19)15-5-6-15/h1,3-4,7-10,15H,2,5-6,11-14H2. The minimum absolute atomic E-state index is 0.0754. The van der Waals surface area contributed by atoms with E-state index in [0.29, 0.717) is 49.8 Å². The van der Waals surface area contributed by atoms with Crippen molar-refractivity contribution >= 4 is 11.8 Å². The number of hydrogen-bond acceptors (Lipinski definition) is 3. The first-order valence-corrected chi connectivity index (χ1v) is 9.43. The number of carbonyl (C=O) groups excluding carboxylic acids is 2. The van der Waals surface area contributed by atoms with Crippen LogP contribution in [0.2, 0.25) is 0 Å². The molecule has 0 radical (unpaired) electrons. The molecule has 4 rings (SSSR count). The van der Waals surface area contributed by atoms with Gasteiger partial charge < -0.3 is 9.80 Å². The van der Waals surface area contributed by atoms with E-state index in [1.807, 2.05) is 12.1 Å². The van der Waals surface area contributed by atoms with Gasteiger partial charge in [0.25, 0.3) is 11.8 Å². The fraction of sp³-hybridized carbons (Fsp3) is 0.381. The molecular weight excluding hydrogens is 345 g/mol. The van der Waals surface area contributed by atoms with Crippen molar-refractivity contribution in [2.45, 2.75) is 25.2 Å². The average Bonchev–Trinajstić information content (AvgIpc) is 3.54.